The minimum atomic E-state index is -0.345. The molecule has 0 aliphatic rings. The Morgan fingerprint density at radius 2 is 1.95 bits per heavy atom. The number of hydrogen-bond donors (Lipinski definition) is 0. The summed E-state index contributed by atoms with van der Waals surface area (Å²) in [7, 11) is 1.66. The molecule has 0 atom stereocenters. The maximum Gasteiger partial charge on any atom is 0.330 e. The number of carbonyl (C=O) groups is 1. The smallest absolute Gasteiger partial charge is 0.330 e. The number of aromatic nitrogens is 1. The molecular weight excluding hydrogens is 266 g/mol. The lowest BCUT2D eigenvalue weighted by Gasteiger charge is -2.01. The third kappa shape index (κ3) is 5.00. The van der Waals surface area contributed by atoms with Crippen LogP contribution in [0.4, 0.5) is 0 Å². The lowest BCUT2D eigenvalue weighted by atomic mass is 10.2. The molecule has 2 rings (SSSR count). The number of rotatable bonds is 7. The van der Waals surface area contributed by atoms with E-state index in [2.05, 4.69) is 4.98 Å². The van der Waals surface area contributed by atoms with E-state index < -0.39 is 0 Å². The van der Waals surface area contributed by atoms with Crippen molar-refractivity contribution in [3.05, 3.63) is 48.2 Å². The number of unbranched alkanes of at least 4 members (excludes halogenated alkanes) is 1. The van der Waals surface area contributed by atoms with Crippen molar-refractivity contribution in [1.29, 1.82) is 0 Å². The Hall–Kier alpha value is -2.20. The fourth-order valence-electron chi connectivity index (χ4n) is 1.90. The summed E-state index contributed by atoms with van der Waals surface area (Å²) in [5, 5.41) is 1.08. The molecule has 0 N–H and O–H groups in total. The fourth-order valence-corrected chi connectivity index (χ4v) is 1.90. The molecule has 0 unspecified atom stereocenters. The molecule has 4 heteroatoms. The van der Waals surface area contributed by atoms with E-state index >= 15 is 0 Å². The Bertz CT molecular complexity index is 622. The zero-order chi connectivity index (χ0) is 14.9. The van der Waals surface area contributed by atoms with Gasteiger partial charge in [-0.25, -0.2) is 9.78 Å². The molecule has 0 amide bonds. The number of carbonyl (C=O) groups excluding carboxylic acids is 1. The second kappa shape index (κ2) is 8.17. The highest BCUT2D eigenvalue weighted by Gasteiger charge is 1.98. The third-order valence-electron chi connectivity index (χ3n) is 3.00. The number of nitrogens with zero attached hydrogens (tertiary/aromatic N) is 1. The van der Waals surface area contributed by atoms with Gasteiger partial charge in [-0.05, 0) is 31.1 Å². The lowest BCUT2D eigenvalue weighted by molar-refractivity contribution is -0.137. The number of ether oxygens (including phenoxy) is 2. The predicted octanol–water partition coefficient (Wildman–Crippen LogP) is 3.22. The average molecular weight is 285 g/mol. The van der Waals surface area contributed by atoms with Crippen LogP contribution >= 0.6 is 0 Å². The van der Waals surface area contributed by atoms with E-state index in [1.54, 1.807) is 13.2 Å². The molecule has 0 saturated carbocycles. The first kappa shape index (κ1) is 15.2. The predicted molar refractivity (Wildman–Crippen MR) is 82.8 cm³/mol. The topological polar surface area (TPSA) is 48.4 Å². The van der Waals surface area contributed by atoms with Crippen molar-refractivity contribution >= 4 is 22.9 Å². The number of fused-ring (bicyclic) bond motifs is 1. The van der Waals surface area contributed by atoms with Crippen molar-refractivity contribution in [2.45, 2.75) is 12.8 Å². The van der Waals surface area contributed by atoms with E-state index in [0.29, 0.717) is 13.2 Å². The molecule has 1 heterocycles. The first-order chi connectivity index (χ1) is 10.3. The van der Waals surface area contributed by atoms with Gasteiger partial charge >= 0.3 is 5.97 Å². The second-order valence-electron chi connectivity index (χ2n) is 4.63. The summed E-state index contributed by atoms with van der Waals surface area (Å²) in [5.74, 6) is -0.345. The quantitative estimate of drug-likeness (QED) is 0.445. The van der Waals surface area contributed by atoms with Gasteiger partial charge in [0.25, 0.3) is 0 Å². The molecule has 0 bridgehead atoms. The van der Waals surface area contributed by atoms with Crippen molar-refractivity contribution < 1.29 is 14.3 Å². The maximum atomic E-state index is 11.5. The van der Waals surface area contributed by atoms with Crippen LogP contribution in [0, 0.1) is 0 Å². The number of pyridine rings is 1. The molecular formula is C17H19NO3. The molecule has 0 aliphatic carbocycles. The van der Waals surface area contributed by atoms with Crippen molar-refractivity contribution in [3.8, 4) is 0 Å². The van der Waals surface area contributed by atoms with Gasteiger partial charge in [0.1, 0.15) is 0 Å². The van der Waals surface area contributed by atoms with E-state index in [9.17, 15) is 4.79 Å². The highest BCUT2D eigenvalue weighted by molar-refractivity contribution is 5.87. The molecule has 110 valence electrons. The zero-order valence-electron chi connectivity index (χ0n) is 12.1. The van der Waals surface area contributed by atoms with E-state index in [1.165, 1.54) is 6.08 Å². The van der Waals surface area contributed by atoms with Gasteiger partial charge in [0, 0.05) is 25.2 Å². The summed E-state index contributed by atoms with van der Waals surface area (Å²) in [6, 6.07) is 11.7. The van der Waals surface area contributed by atoms with Crippen LogP contribution in [0.2, 0.25) is 0 Å². The number of esters is 1. The number of para-hydroxylation sites is 1. The molecule has 0 spiro atoms. The van der Waals surface area contributed by atoms with Crippen molar-refractivity contribution in [3.63, 3.8) is 0 Å². The maximum absolute atomic E-state index is 11.5. The average Bonchev–Trinajstić information content (AvgIpc) is 2.52. The summed E-state index contributed by atoms with van der Waals surface area (Å²) in [6.07, 6.45) is 4.78. The fraction of sp³-hybridized carbons (Fsp3) is 0.294. The molecule has 0 fully saturated rings. The van der Waals surface area contributed by atoms with E-state index in [-0.39, 0.29) is 5.97 Å². The molecule has 4 nitrogen and oxygen atoms in total. The molecule has 0 radical (unpaired) electrons. The lowest BCUT2D eigenvalue weighted by Crippen LogP contribution is -2.03. The normalized spacial score (nSPS) is 11.1. The molecule has 1 aromatic heterocycles. The van der Waals surface area contributed by atoms with Gasteiger partial charge in [-0.2, -0.15) is 0 Å². The van der Waals surface area contributed by atoms with Crippen molar-refractivity contribution in [2.24, 2.45) is 0 Å². The van der Waals surface area contributed by atoms with Gasteiger partial charge in [-0.15, -0.1) is 0 Å². The Morgan fingerprint density at radius 3 is 2.81 bits per heavy atom. The summed E-state index contributed by atoms with van der Waals surface area (Å²) >= 11 is 0. The first-order valence-electron chi connectivity index (χ1n) is 6.99. The standard InChI is InChI=1S/C17H19NO3/c1-20-12-4-5-13-21-17(19)11-10-15-9-8-14-6-2-3-7-16(14)18-15/h2-3,6-11H,4-5,12-13H2,1H3/b11-10-. The van der Waals surface area contributed by atoms with E-state index in [0.717, 1.165) is 29.4 Å². The second-order valence-corrected chi connectivity index (χ2v) is 4.63. The minimum Gasteiger partial charge on any atom is -0.463 e. The van der Waals surface area contributed by atoms with Crippen molar-refractivity contribution in [1.82, 2.24) is 4.98 Å². The molecule has 1 aromatic carbocycles. The Kier molecular flexibility index (Phi) is 5.91. The van der Waals surface area contributed by atoms with Gasteiger partial charge in [0.2, 0.25) is 0 Å². The largest absolute Gasteiger partial charge is 0.463 e. The number of methoxy groups -OCH3 is 1. The molecule has 0 aliphatic heterocycles. The van der Waals surface area contributed by atoms with Crippen LogP contribution in [0.1, 0.15) is 18.5 Å². The van der Waals surface area contributed by atoms with Crippen LogP contribution in [-0.2, 0) is 14.3 Å². The van der Waals surface area contributed by atoms with E-state index in [4.69, 9.17) is 9.47 Å². The SMILES string of the molecule is COCCCCOC(=O)/C=C\c1ccc2ccccc2n1. The van der Waals surface area contributed by atoms with Gasteiger partial charge in [-0.3, -0.25) is 0 Å². The Labute approximate surface area is 124 Å². The van der Waals surface area contributed by atoms with Gasteiger partial charge in [0.15, 0.2) is 0 Å². The third-order valence-corrected chi connectivity index (χ3v) is 3.00. The van der Waals surface area contributed by atoms with Gasteiger partial charge in [-0.1, -0.05) is 24.3 Å². The Balaban J connectivity index is 1.85. The summed E-state index contributed by atoms with van der Waals surface area (Å²) in [5.41, 5.74) is 1.65. The highest BCUT2D eigenvalue weighted by Crippen LogP contribution is 2.12. The molecule has 0 saturated heterocycles. The van der Waals surface area contributed by atoms with Crippen LogP contribution in [0.3, 0.4) is 0 Å². The molecule has 2 aromatic rings. The summed E-state index contributed by atoms with van der Waals surface area (Å²) in [4.78, 5) is 16.0. The van der Waals surface area contributed by atoms with Crippen LogP contribution in [0.25, 0.3) is 17.0 Å². The van der Waals surface area contributed by atoms with Crippen LogP contribution < -0.4 is 0 Å². The van der Waals surface area contributed by atoms with E-state index in [1.807, 2.05) is 36.4 Å². The first-order valence-corrected chi connectivity index (χ1v) is 6.99. The number of hydrogen-bond acceptors (Lipinski definition) is 4. The van der Waals surface area contributed by atoms with Crippen LogP contribution in [-0.4, -0.2) is 31.3 Å². The van der Waals surface area contributed by atoms with Gasteiger partial charge < -0.3 is 9.47 Å². The minimum absolute atomic E-state index is 0.345. The summed E-state index contributed by atoms with van der Waals surface area (Å²) in [6.45, 7) is 1.10. The van der Waals surface area contributed by atoms with Crippen molar-refractivity contribution in [2.75, 3.05) is 20.3 Å². The number of benzene rings is 1. The van der Waals surface area contributed by atoms with Gasteiger partial charge in [0.05, 0.1) is 17.8 Å². The summed E-state index contributed by atoms with van der Waals surface area (Å²) < 4.78 is 10.0. The van der Waals surface area contributed by atoms with Crippen LogP contribution in [0.5, 0.6) is 0 Å². The zero-order valence-corrected chi connectivity index (χ0v) is 12.1. The Morgan fingerprint density at radius 1 is 1.14 bits per heavy atom. The highest BCUT2D eigenvalue weighted by atomic mass is 16.5. The monoisotopic (exact) mass is 285 g/mol. The van der Waals surface area contributed by atoms with Crippen LogP contribution in [0.15, 0.2) is 42.5 Å². The molecule has 21 heavy (non-hydrogen) atoms.